The van der Waals surface area contributed by atoms with Crippen LogP contribution >= 0.6 is 0 Å². The van der Waals surface area contributed by atoms with Gasteiger partial charge in [0, 0.05) is 6.42 Å². The largest absolute Gasteiger partial charge is 0.394 e. The first kappa shape index (κ1) is 22.4. The van der Waals surface area contributed by atoms with Crippen LogP contribution < -0.4 is 0 Å². The van der Waals surface area contributed by atoms with Gasteiger partial charge in [0.15, 0.2) is 6.29 Å². The van der Waals surface area contributed by atoms with Crippen LogP contribution in [0.15, 0.2) is 11.1 Å². The quantitative estimate of drug-likeness (QED) is 0.390. The van der Waals surface area contributed by atoms with Gasteiger partial charge in [-0.05, 0) is 37.7 Å². The van der Waals surface area contributed by atoms with Crippen molar-refractivity contribution in [2.75, 3.05) is 6.61 Å². The molecule has 1 fully saturated rings. The molecule has 27 heavy (non-hydrogen) atoms. The lowest BCUT2D eigenvalue weighted by Gasteiger charge is -2.45. The highest BCUT2D eigenvalue weighted by Crippen LogP contribution is 2.44. The molecule has 2 rings (SSSR count). The number of ketones is 1. The summed E-state index contributed by atoms with van der Waals surface area (Å²) >= 11 is 0. The van der Waals surface area contributed by atoms with E-state index < -0.39 is 49.5 Å². The predicted octanol–water partition coefficient (Wildman–Crippen LogP) is -0.352. The monoisotopic (exact) mass is 388 g/mol. The fourth-order valence-electron chi connectivity index (χ4n) is 4.04. The minimum Gasteiger partial charge on any atom is -0.394 e. The van der Waals surface area contributed by atoms with E-state index in [2.05, 4.69) is 0 Å². The van der Waals surface area contributed by atoms with Crippen molar-refractivity contribution in [2.24, 2.45) is 5.41 Å². The van der Waals surface area contributed by atoms with Gasteiger partial charge in [-0.2, -0.15) is 0 Å². The maximum atomic E-state index is 11.3. The van der Waals surface area contributed by atoms with Gasteiger partial charge in [0.1, 0.15) is 36.3 Å². The van der Waals surface area contributed by atoms with Crippen LogP contribution in [0.5, 0.6) is 0 Å². The lowest BCUT2D eigenvalue weighted by atomic mass is 9.69. The predicted molar refractivity (Wildman–Crippen MR) is 95.7 cm³/mol. The molecule has 5 N–H and O–H groups in total. The molecule has 1 saturated heterocycles. The molecule has 156 valence electrons. The fourth-order valence-corrected chi connectivity index (χ4v) is 4.04. The van der Waals surface area contributed by atoms with Crippen LogP contribution in [0.4, 0.5) is 0 Å². The van der Waals surface area contributed by atoms with Crippen molar-refractivity contribution in [3.05, 3.63) is 11.1 Å². The first-order valence-corrected chi connectivity index (χ1v) is 9.33. The number of ether oxygens (including phenoxy) is 2. The van der Waals surface area contributed by atoms with E-state index in [4.69, 9.17) is 9.47 Å². The van der Waals surface area contributed by atoms with Gasteiger partial charge in [-0.15, -0.1) is 0 Å². The first-order chi connectivity index (χ1) is 12.5. The van der Waals surface area contributed by atoms with Gasteiger partial charge in [0.25, 0.3) is 0 Å². The summed E-state index contributed by atoms with van der Waals surface area (Å²) in [5.74, 6) is 0.0836. The van der Waals surface area contributed by atoms with Crippen LogP contribution in [-0.4, -0.2) is 80.8 Å². The Morgan fingerprint density at radius 2 is 1.81 bits per heavy atom. The second kappa shape index (κ2) is 8.65. The van der Waals surface area contributed by atoms with Crippen LogP contribution in [0.1, 0.15) is 47.0 Å². The van der Waals surface area contributed by atoms with Gasteiger partial charge in [0.05, 0.1) is 12.7 Å². The van der Waals surface area contributed by atoms with E-state index in [0.717, 1.165) is 11.1 Å². The average molecular weight is 388 g/mol. The highest BCUT2D eigenvalue weighted by Gasteiger charge is 2.47. The summed E-state index contributed by atoms with van der Waals surface area (Å²) in [7, 11) is 0. The molecule has 0 spiro atoms. The summed E-state index contributed by atoms with van der Waals surface area (Å²) in [5, 5.41) is 49.9. The molecule has 8 nitrogen and oxygen atoms in total. The van der Waals surface area contributed by atoms with E-state index >= 15 is 0 Å². The number of rotatable bonds is 6. The third-order valence-corrected chi connectivity index (χ3v) is 5.68. The van der Waals surface area contributed by atoms with Gasteiger partial charge in [-0.25, -0.2) is 0 Å². The van der Waals surface area contributed by atoms with Crippen LogP contribution in [0, 0.1) is 5.41 Å². The molecule has 7 atom stereocenters. The van der Waals surface area contributed by atoms with Gasteiger partial charge in [0.2, 0.25) is 0 Å². The molecule has 1 aliphatic carbocycles. The second-order valence-electron chi connectivity index (χ2n) is 8.27. The molecule has 0 aromatic carbocycles. The molecule has 0 amide bonds. The van der Waals surface area contributed by atoms with Crippen molar-refractivity contribution in [1.29, 1.82) is 0 Å². The van der Waals surface area contributed by atoms with Crippen molar-refractivity contribution in [3.8, 4) is 0 Å². The van der Waals surface area contributed by atoms with E-state index in [1.54, 1.807) is 6.92 Å². The standard InChI is InChI=1S/C19H32O8/c1-9(21)5-6-11-10(2)14(22)12(7-19(11,3)4)26-18-17(25)16(24)15(23)13(8-20)27-18/h12-18,20,22-25H,5-8H2,1-4H3/t12?,13-,14?,15-,16+,17-,18-/m1/s1. The van der Waals surface area contributed by atoms with E-state index in [0.29, 0.717) is 19.3 Å². The smallest absolute Gasteiger partial charge is 0.187 e. The Bertz CT molecular complexity index is 570. The molecule has 0 bridgehead atoms. The van der Waals surface area contributed by atoms with E-state index in [1.807, 2.05) is 13.8 Å². The summed E-state index contributed by atoms with van der Waals surface area (Å²) in [6.45, 7) is 6.79. The van der Waals surface area contributed by atoms with Gasteiger partial charge in [-0.1, -0.05) is 19.4 Å². The number of carbonyl (C=O) groups is 1. The Kier molecular flexibility index (Phi) is 7.18. The molecule has 0 saturated carbocycles. The maximum absolute atomic E-state index is 11.3. The number of Topliss-reactive ketones (excluding diaryl/α,β-unsaturated/α-hetero) is 1. The minimum atomic E-state index is -1.53. The average Bonchev–Trinajstić information content (AvgIpc) is 2.59. The van der Waals surface area contributed by atoms with Crippen LogP contribution in [-0.2, 0) is 14.3 Å². The number of hydrogen-bond acceptors (Lipinski definition) is 8. The molecular weight excluding hydrogens is 356 g/mol. The Balaban J connectivity index is 2.17. The van der Waals surface area contributed by atoms with Crippen LogP contribution in [0.2, 0.25) is 0 Å². The lowest BCUT2D eigenvalue weighted by Crippen LogP contribution is -2.60. The molecule has 1 heterocycles. The fraction of sp³-hybridized carbons (Fsp3) is 0.842. The van der Waals surface area contributed by atoms with Crippen molar-refractivity contribution in [3.63, 3.8) is 0 Å². The molecule has 1 aliphatic heterocycles. The van der Waals surface area contributed by atoms with E-state index in [1.165, 1.54) is 6.92 Å². The first-order valence-electron chi connectivity index (χ1n) is 9.33. The summed E-state index contributed by atoms with van der Waals surface area (Å²) in [5.41, 5.74) is 1.40. The summed E-state index contributed by atoms with van der Waals surface area (Å²) in [4.78, 5) is 11.3. The molecule has 2 aliphatic rings. The Labute approximate surface area is 159 Å². The summed E-state index contributed by atoms with van der Waals surface area (Å²) in [6.07, 6.45) is -7.12. The van der Waals surface area contributed by atoms with Crippen molar-refractivity contribution in [1.82, 2.24) is 0 Å². The summed E-state index contributed by atoms with van der Waals surface area (Å²) in [6, 6.07) is 0. The Morgan fingerprint density at radius 1 is 1.19 bits per heavy atom. The molecule has 0 radical (unpaired) electrons. The number of aliphatic hydroxyl groups is 5. The third kappa shape index (κ3) is 4.76. The number of allylic oxidation sites excluding steroid dienone is 1. The van der Waals surface area contributed by atoms with Gasteiger partial charge < -0.3 is 39.8 Å². The van der Waals surface area contributed by atoms with E-state index in [-0.39, 0.29) is 11.2 Å². The normalized spacial score (nSPS) is 39.5. The number of hydrogen-bond donors (Lipinski definition) is 5. The number of carbonyl (C=O) groups excluding carboxylic acids is 1. The molecule has 2 unspecified atom stereocenters. The molecule has 0 aromatic heterocycles. The summed E-state index contributed by atoms with van der Waals surface area (Å²) < 4.78 is 11.2. The topological polar surface area (TPSA) is 137 Å². The van der Waals surface area contributed by atoms with Crippen LogP contribution in [0.3, 0.4) is 0 Å². The minimum absolute atomic E-state index is 0.0836. The molecule has 0 aromatic rings. The van der Waals surface area contributed by atoms with Crippen LogP contribution in [0.25, 0.3) is 0 Å². The van der Waals surface area contributed by atoms with Crippen molar-refractivity contribution in [2.45, 2.75) is 89.9 Å². The SMILES string of the molecule is CC(=O)CCC1=C(C)C(O)C(O[C@@H]2O[C@H](CO)[C@@H](O)[C@H](O)[C@H]2O)CC1(C)C. The highest BCUT2D eigenvalue weighted by atomic mass is 16.7. The zero-order chi connectivity index (χ0) is 20.5. The number of aliphatic hydroxyl groups excluding tert-OH is 5. The highest BCUT2D eigenvalue weighted by molar-refractivity contribution is 5.75. The Morgan fingerprint density at radius 3 is 2.37 bits per heavy atom. The lowest BCUT2D eigenvalue weighted by molar-refractivity contribution is -0.318. The second-order valence-corrected chi connectivity index (χ2v) is 8.27. The van der Waals surface area contributed by atoms with Gasteiger partial charge in [-0.3, -0.25) is 0 Å². The molecule has 8 heteroatoms. The van der Waals surface area contributed by atoms with E-state index in [9.17, 15) is 30.3 Å². The third-order valence-electron chi connectivity index (χ3n) is 5.68. The zero-order valence-corrected chi connectivity index (χ0v) is 16.3. The van der Waals surface area contributed by atoms with Crippen molar-refractivity contribution >= 4 is 5.78 Å². The van der Waals surface area contributed by atoms with Crippen molar-refractivity contribution < 1.29 is 39.8 Å². The maximum Gasteiger partial charge on any atom is 0.187 e. The van der Waals surface area contributed by atoms with Gasteiger partial charge >= 0.3 is 0 Å². The molecular formula is C19H32O8. The zero-order valence-electron chi connectivity index (χ0n) is 16.3. The Hall–Kier alpha value is -0.870.